The van der Waals surface area contributed by atoms with E-state index in [0.29, 0.717) is 47.5 Å². The summed E-state index contributed by atoms with van der Waals surface area (Å²) in [7, 11) is 0. The number of likely N-dealkylation sites (tertiary alicyclic amines) is 1. The molecule has 4 aliphatic rings. The number of hydrogen-bond acceptors (Lipinski definition) is 7. The zero-order valence-corrected chi connectivity index (χ0v) is 25.4. The lowest BCUT2D eigenvalue weighted by Gasteiger charge is -2.38. The number of fused-ring (bicyclic) bond motifs is 1. The van der Waals surface area contributed by atoms with Crippen molar-refractivity contribution >= 4 is 52.5 Å². The molecule has 43 heavy (non-hydrogen) atoms. The Balaban J connectivity index is 0.991. The van der Waals surface area contributed by atoms with Crippen molar-refractivity contribution in [3.63, 3.8) is 0 Å². The first-order chi connectivity index (χ1) is 20.8. The van der Waals surface area contributed by atoms with E-state index < -0.39 is 11.9 Å². The molecule has 228 valence electrons. The van der Waals surface area contributed by atoms with E-state index in [2.05, 4.69) is 15.1 Å². The van der Waals surface area contributed by atoms with Gasteiger partial charge in [0.1, 0.15) is 11.8 Å². The van der Waals surface area contributed by atoms with Gasteiger partial charge >= 0.3 is 0 Å². The summed E-state index contributed by atoms with van der Waals surface area (Å²) >= 11 is 12.4. The van der Waals surface area contributed by atoms with Crippen LogP contribution in [0.2, 0.25) is 10.0 Å². The lowest BCUT2D eigenvalue weighted by Crippen LogP contribution is -2.53. The molecule has 4 aliphatic heterocycles. The van der Waals surface area contributed by atoms with E-state index in [-0.39, 0.29) is 36.7 Å². The number of hydrogen-bond donors (Lipinski definition) is 1. The molecule has 3 fully saturated rings. The summed E-state index contributed by atoms with van der Waals surface area (Å²) in [5.74, 6) is -0.129. The summed E-state index contributed by atoms with van der Waals surface area (Å²) < 4.78 is 6.14. The Morgan fingerprint density at radius 3 is 2.49 bits per heavy atom. The number of piperazine rings is 1. The Morgan fingerprint density at radius 1 is 0.977 bits per heavy atom. The minimum absolute atomic E-state index is 0.118. The van der Waals surface area contributed by atoms with Crippen molar-refractivity contribution in [1.29, 1.82) is 0 Å². The van der Waals surface area contributed by atoms with Gasteiger partial charge in [-0.05, 0) is 62.6 Å². The van der Waals surface area contributed by atoms with Gasteiger partial charge in [-0.2, -0.15) is 0 Å². The van der Waals surface area contributed by atoms with Gasteiger partial charge in [-0.15, -0.1) is 0 Å². The smallest absolute Gasteiger partial charge is 0.255 e. The van der Waals surface area contributed by atoms with Crippen LogP contribution in [0.4, 0.5) is 5.69 Å². The van der Waals surface area contributed by atoms with Crippen LogP contribution in [0.5, 0.6) is 5.75 Å². The van der Waals surface area contributed by atoms with E-state index in [1.807, 2.05) is 23.1 Å². The first-order valence-corrected chi connectivity index (χ1v) is 15.7. The highest BCUT2D eigenvalue weighted by Crippen LogP contribution is 2.34. The average Bonchev–Trinajstić information content (AvgIpc) is 3.59. The van der Waals surface area contributed by atoms with Gasteiger partial charge in [0.05, 0.1) is 19.2 Å². The van der Waals surface area contributed by atoms with Gasteiger partial charge in [0.15, 0.2) is 0 Å². The SMILES string of the molecule is O=C1CCC(N2Cc3c(OCCCN4CCC[C@@H]4C(=O)N4CCN(c5cc(Cl)cc(Cl)c5)CC4)cccc3C2=O)C(=O)N1. The molecule has 0 aromatic heterocycles. The third-order valence-corrected chi connectivity index (χ3v) is 9.28. The Bertz CT molecular complexity index is 1410. The first kappa shape index (κ1) is 29.7. The molecule has 1 N–H and O–H groups in total. The molecule has 2 aromatic carbocycles. The Morgan fingerprint density at radius 2 is 1.74 bits per heavy atom. The molecule has 0 saturated carbocycles. The highest BCUT2D eigenvalue weighted by atomic mass is 35.5. The van der Waals surface area contributed by atoms with E-state index in [1.54, 1.807) is 18.2 Å². The number of nitrogens with one attached hydrogen (secondary N) is 1. The summed E-state index contributed by atoms with van der Waals surface area (Å²) in [6.45, 7) is 5.12. The summed E-state index contributed by atoms with van der Waals surface area (Å²) in [5.41, 5.74) is 2.28. The fourth-order valence-corrected chi connectivity index (χ4v) is 7.15. The van der Waals surface area contributed by atoms with Gasteiger partial charge in [-0.3, -0.25) is 29.4 Å². The van der Waals surface area contributed by atoms with Crippen molar-refractivity contribution in [1.82, 2.24) is 20.0 Å². The van der Waals surface area contributed by atoms with Crippen LogP contribution >= 0.6 is 23.2 Å². The van der Waals surface area contributed by atoms with Crippen LogP contribution in [-0.2, 0) is 20.9 Å². The molecular formula is C31H35Cl2N5O5. The molecule has 2 aromatic rings. The summed E-state index contributed by atoms with van der Waals surface area (Å²) in [4.78, 5) is 58.5. The van der Waals surface area contributed by atoms with Crippen LogP contribution in [0.15, 0.2) is 36.4 Å². The molecule has 10 nitrogen and oxygen atoms in total. The highest BCUT2D eigenvalue weighted by molar-refractivity contribution is 6.35. The van der Waals surface area contributed by atoms with Crippen molar-refractivity contribution in [2.45, 2.75) is 50.7 Å². The number of rotatable bonds is 8. The van der Waals surface area contributed by atoms with Crippen LogP contribution in [0.25, 0.3) is 0 Å². The Labute approximate surface area is 260 Å². The Kier molecular flexibility index (Phi) is 8.79. The van der Waals surface area contributed by atoms with E-state index in [9.17, 15) is 19.2 Å². The van der Waals surface area contributed by atoms with Crippen molar-refractivity contribution in [2.24, 2.45) is 0 Å². The van der Waals surface area contributed by atoms with Crippen LogP contribution in [0.3, 0.4) is 0 Å². The van der Waals surface area contributed by atoms with Gasteiger partial charge in [0, 0.05) is 66.0 Å². The number of carbonyl (C=O) groups is 4. The first-order valence-electron chi connectivity index (χ1n) is 14.9. The maximum absolute atomic E-state index is 13.5. The summed E-state index contributed by atoms with van der Waals surface area (Å²) in [6.07, 6.45) is 3.12. The predicted molar refractivity (Wildman–Crippen MR) is 162 cm³/mol. The number of imide groups is 1. The Hall–Kier alpha value is -3.34. The van der Waals surface area contributed by atoms with Crippen molar-refractivity contribution < 1.29 is 23.9 Å². The van der Waals surface area contributed by atoms with Gasteiger partial charge in [-0.25, -0.2) is 0 Å². The summed E-state index contributed by atoms with van der Waals surface area (Å²) in [6, 6.07) is 10.1. The number of carbonyl (C=O) groups excluding carboxylic acids is 4. The lowest BCUT2D eigenvalue weighted by atomic mass is 10.0. The molecule has 4 amide bonds. The van der Waals surface area contributed by atoms with Crippen LogP contribution in [0.1, 0.15) is 48.0 Å². The second-order valence-electron chi connectivity index (χ2n) is 11.5. The lowest BCUT2D eigenvalue weighted by molar-refractivity contribution is -0.137. The molecule has 0 radical (unpaired) electrons. The summed E-state index contributed by atoms with van der Waals surface area (Å²) in [5, 5.41) is 3.54. The van der Waals surface area contributed by atoms with E-state index in [1.165, 1.54) is 4.90 Å². The number of piperidine rings is 1. The van der Waals surface area contributed by atoms with Gasteiger partial charge in [-0.1, -0.05) is 29.3 Å². The van der Waals surface area contributed by atoms with Gasteiger partial charge < -0.3 is 19.4 Å². The number of amides is 4. The number of benzene rings is 2. The quantitative estimate of drug-likeness (QED) is 0.354. The highest BCUT2D eigenvalue weighted by Gasteiger charge is 2.40. The maximum atomic E-state index is 13.5. The minimum Gasteiger partial charge on any atom is -0.493 e. The molecule has 4 heterocycles. The molecule has 12 heteroatoms. The fraction of sp³-hybridized carbons (Fsp3) is 0.484. The third kappa shape index (κ3) is 6.32. The standard InChI is InChI=1S/C31H35Cl2N5O5/c32-20-16-21(33)18-22(17-20)35-11-13-37(14-12-35)31(42)26-5-2-9-36(26)10-3-15-43-27-6-1-4-23-24(27)19-38(30(23)41)25-7-8-28(39)34-29(25)40/h1,4,6,16-18,25-26H,2-3,5,7-15,19H2,(H,34,39,40)/t25?,26-/m1/s1. The molecule has 0 spiro atoms. The molecule has 2 atom stereocenters. The molecular weight excluding hydrogens is 593 g/mol. The van der Waals surface area contributed by atoms with Crippen molar-refractivity contribution in [2.75, 3.05) is 50.8 Å². The van der Waals surface area contributed by atoms with Crippen LogP contribution in [0, 0.1) is 0 Å². The predicted octanol–water partition coefficient (Wildman–Crippen LogP) is 3.34. The molecule has 0 aliphatic carbocycles. The second kappa shape index (κ2) is 12.7. The number of halogens is 2. The zero-order chi connectivity index (χ0) is 30.1. The molecule has 6 rings (SSSR count). The fourth-order valence-electron chi connectivity index (χ4n) is 6.63. The van der Waals surface area contributed by atoms with Crippen molar-refractivity contribution in [3.8, 4) is 5.75 Å². The maximum Gasteiger partial charge on any atom is 0.255 e. The average molecular weight is 629 g/mol. The second-order valence-corrected chi connectivity index (χ2v) is 12.4. The third-order valence-electron chi connectivity index (χ3n) is 8.84. The number of ether oxygens (including phenoxy) is 1. The van der Waals surface area contributed by atoms with E-state index >= 15 is 0 Å². The molecule has 3 saturated heterocycles. The van der Waals surface area contributed by atoms with Crippen LogP contribution in [-0.4, -0.2) is 96.3 Å². The molecule has 0 bridgehead atoms. The van der Waals surface area contributed by atoms with E-state index in [0.717, 1.165) is 56.7 Å². The largest absolute Gasteiger partial charge is 0.493 e. The van der Waals surface area contributed by atoms with Gasteiger partial charge in [0.25, 0.3) is 5.91 Å². The number of anilines is 1. The van der Waals surface area contributed by atoms with Crippen LogP contribution < -0.4 is 15.0 Å². The normalized spacial score (nSPS) is 22.7. The monoisotopic (exact) mass is 627 g/mol. The van der Waals surface area contributed by atoms with Crippen molar-refractivity contribution in [3.05, 3.63) is 57.6 Å². The van der Waals surface area contributed by atoms with E-state index in [4.69, 9.17) is 27.9 Å². The van der Waals surface area contributed by atoms with Gasteiger partial charge in [0.2, 0.25) is 17.7 Å². The molecule has 1 unspecified atom stereocenters. The minimum atomic E-state index is -0.659. The zero-order valence-electron chi connectivity index (χ0n) is 23.9. The number of nitrogens with zero attached hydrogens (tertiary/aromatic N) is 4. The topological polar surface area (TPSA) is 102 Å².